The fourth-order valence-electron chi connectivity index (χ4n) is 2.71. The molecule has 2 aromatic rings. The molecule has 0 spiro atoms. The summed E-state index contributed by atoms with van der Waals surface area (Å²) < 4.78 is 1.75. The van der Waals surface area contributed by atoms with Gasteiger partial charge in [0.1, 0.15) is 5.69 Å². The smallest absolute Gasteiger partial charge is 0.271 e. The van der Waals surface area contributed by atoms with E-state index in [1.165, 1.54) is 0 Å². The Morgan fingerprint density at radius 3 is 2.57 bits per heavy atom. The summed E-state index contributed by atoms with van der Waals surface area (Å²) >= 11 is 0. The Hall–Kier alpha value is -2.14. The van der Waals surface area contributed by atoms with Crippen LogP contribution in [0.25, 0.3) is 0 Å². The summed E-state index contributed by atoms with van der Waals surface area (Å²) in [6, 6.07) is 11.8. The first-order valence-electron chi connectivity index (χ1n) is 8.00. The molecule has 0 radical (unpaired) electrons. The minimum absolute atomic E-state index is 0.0938. The Morgan fingerprint density at radius 1 is 1.30 bits per heavy atom. The van der Waals surface area contributed by atoms with Crippen molar-refractivity contribution < 1.29 is 9.90 Å². The number of nitrogens with zero attached hydrogens (tertiary/aromatic N) is 2. The lowest BCUT2D eigenvalue weighted by atomic mass is 9.96. The zero-order valence-corrected chi connectivity index (χ0v) is 14.0. The number of aliphatic hydroxyl groups is 1. The summed E-state index contributed by atoms with van der Waals surface area (Å²) in [7, 11) is 1.85. The second kappa shape index (κ2) is 7.92. The van der Waals surface area contributed by atoms with Crippen LogP contribution in [-0.2, 0) is 7.05 Å². The third-order valence-electron chi connectivity index (χ3n) is 4.00. The molecule has 1 amide bonds. The normalized spacial score (nSPS) is 12.4. The summed E-state index contributed by atoms with van der Waals surface area (Å²) in [5, 5.41) is 16.5. The number of aliphatic hydroxyl groups excluding tert-OH is 1. The van der Waals surface area contributed by atoms with Crippen LogP contribution in [0, 0.1) is 0 Å². The van der Waals surface area contributed by atoms with Crippen molar-refractivity contribution in [2.75, 3.05) is 13.2 Å². The van der Waals surface area contributed by atoms with E-state index < -0.39 is 0 Å². The van der Waals surface area contributed by atoms with Gasteiger partial charge in [-0.2, -0.15) is 5.10 Å². The number of benzene rings is 1. The molecule has 124 valence electrons. The van der Waals surface area contributed by atoms with Crippen LogP contribution in [0.1, 0.15) is 53.8 Å². The lowest BCUT2D eigenvalue weighted by molar-refractivity contribution is 0.0943. The molecule has 2 rings (SSSR count). The van der Waals surface area contributed by atoms with Gasteiger partial charge in [-0.3, -0.25) is 9.48 Å². The topological polar surface area (TPSA) is 67.2 Å². The van der Waals surface area contributed by atoms with Crippen LogP contribution in [0.15, 0.2) is 36.4 Å². The predicted octanol–water partition coefficient (Wildman–Crippen LogP) is 2.44. The molecule has 1 aromatic carbocycles. The summed E-state index contributed by atoms with van der Waals surface area (Å²) in [4.78, 5) is 12.3. The van der Waals surface area contributed by atoms with Crippen molar-refractivity contribution >= 4 is 5.91 Å². The van der Waals surface area contributed by atoms with Gasteiger partial charge in [-0.05, 0) is 24.0 Å². The van der Waals surface area contributed by atoms with E-state index in [1.54, 1.807) is 4.68 Å². The van der Waals surface area contributed by atoms with E-state index in [9.17, 15) is 9.90 Å². The molecule has 0 aliphatic carbocycles. The van der Waals surface area contributed by atoms with E-state index in [0.29, 0.717) is 24.6 Å². The first-order valence-corrected chi connectivity index (χ1v) is 8.00. The van der Waals surface area contributed by atoms with Crippen molar-refractivity contribution in [3.05, 3.63) is 53.3 Å². The van der Waals surface area contributed by atoms with Crippen LogP contribution < -0.4 is 5.32 Å². The van der Waals surface area contributed by atoms with Gasteiger partial charge in [0.15, 0.2) is 0 Å². The molecule has 0 fully saturated rings. The summed E-state index contributed by atoms with van der Waals surface area (Å²) in [5.74, 6) is 0.241. The average molecular weight is 315 g/mol. The number of carbonyl (C=O) groups is 1. The highest BCUT2D eigenvalue weighted by molar-refractivity contribution is 5.92. The molecule has 1 aromatic heterocycles. The zero-order valence-electron chi connectivity index (χ0n) is 14.0. The van der Waals surface area contributed by atoms with E-state index in [0.717, 1.165) is 11.3 Å². The molecule has 0 aliphatic rings. The number of rotatable bonds is 7. The van der Waals surface area contributed by atoms with E-state index in [4.69, 9.17) is 0 Å². The van der Waals surface area contributed by atoms with E-state index >= 15 is 0 Å². The number of aromatic nitrogens is 2. The Balaban J connectivity index is 2.03. The lowest BCUT2D eigenvalue weighted by Crippen LogP contribution is -2.29. The minimum Gasteiger partial charge on any atom is -0.396 e. The number of hydrogen-bond acceptors (Lipinski definition) is 3. The average Bonchev–Trinajstić information content (AvgIpc) is 2.94. The third kappa shape index (κ3) is 4.42. The maximum Gasteiger partial charge on any atom is 0.271 e. The fraction of sp³-hybridized carbons (Fsp3) is 0.444. The van der Waals surface area contributed by atoms with Gasteiger partial charge < -0.3 is 10.4 Å². The van der Waals surface area contributed by atoms with Gasteiger partial charge in [0.05, 0.1) is 0 Å². The second-order valence-corrected chi connectivity index (χ2v) is 6.06. The van der Waals surface area contributed by atoms with Gasteiger partial charge in [0.2, 0.25) is 0 Å². The van der Waals surface area contributed by atoms with Crippen LogP contribution in [0.5, 0.6) is 0 Å². The van der Waals surface area contributed by atoms with Crippen molar-refractivity contribution in [3.63, 3.8) is 0 Å². The van der Waals surface area contributed by atoms with Crippen molar-refractivity contribution in [1.29, 1.82) is 0 Å². The number of amides is 1. The minimum atomic E-state index is -0.175. The molecule has 5 nitrogen and oxygen atoms in total. The van der Waals surface area contributed by atoms with E-state index in [1.807, 2.05) is 43.4 Å². The molecular formula is C18H25N3O2. The maximum absolute atomic E-state index is 12.3. The highest BCUT2D eigenvalue weighted by Gasteiger charge is 2.17. The molecule has 1 atom stereocenters. The van der Waals surface area contributed by atoms with Gasteiger partial charge in [0.25, 0.3) is 5.91 Å². The first-order chi connectivity index (χ1) is 11.0. The van der Waals surface area contributed by atoms with Gasteiger partial charge in [-0.1, -0.05) is 44.2 Å². The standard InChI is InChI=1S/C18H25N3O2/c1-13(2)17-11-16(20-21(17)3)18(23)19-12-15(9-10-22)14-7-5-4-6-8-14/h4-8,11,13,15,22H,9-10,12H2,1-3H3,(H,19,23). The second-order valence-electron chi connectivity index (χ2n) is 6.06. The summed E-state index contributed by atoms with van der Waals surface area (Å²) in [6.45, 7) is 4.73. The molecule has 1 unspecified atom stereocenters. The SMILES string of the molecule is CC(C)c1cc(C(=O)NCC(CCO)c2ccccc2)nn1C. The summed E-state index contributed by atoms with van der Waals surface area (Å²) in [5.41, 5.74) is 2.59. The van der Waals surface area contributed by atoms with Gasteiger partial charge >= 0.3 is 0 Å². The molecule has 0 saturated carbocycles. The Morgan fingerprint density at radius 2 is 2.00 bits per heavy atom. The van der Waals surface area contributed by atoms with Crippen LogP contribution in [0.2, 0.25) is 0 Å². The highest BCUT2D eigenvalue weighted by Crippen LogP contribution is 2.19. The van der Waals surface area contributed by atoms with Crippen molar-refractivity contribution in [2.24, 2.45) is 7.05 Å². The van der Waals surface area contributed by atoms with Crippen LogP contribution in [0.4, 0.5) is 0 Å². The van der Waals surface area contributed by atoms with Gasteiger partial charge in [-0.25, -0.2) is 0 Å². The monoisotopic (exact) mass is 315 g/mol. The van der Waals surface area contributed by atoms with Gasteiger partial charge in [0, 0.05) is 31.8 Å². The predicted molar refractivity (Wildman–Crippen MR) is 90.5 cm³/mol. The lowest BCUT2D eigenvalue weighted by Gasteiger charge is -2.16. The van der Waals surface area contributed by atoms with Crippen molar-refractivity contribution in [2.45, 2.75) is 32.1 Å². The van der Waals surface area contributed by atoms with Crippen LogP contribution in [0.3, 0.4) is 0 Å². The molecule has 0 aliphatic heterocycles. The number of hydrogen-bond donors (Lipinski definition) is 2. The molecule has 23 heavy (non-hydrogen) atoms. The Bertz CT molecular complexity index is 635. The fourth-order valence-corrected chi connectivity index (χ4v) is 2.71. The van der Waals surface area contributed by atoms with Crippen LogP contribution >= 0.6 is 0 Å². The molecule has 0 bridgehead atoms. The Kier molecular flexibility index (Phi) is 5.93. The molecule has 0 saturated heterocycles. The molecular weight excluding hydrogens is 290 g/mol. The largest absolute Gasteiger partial charge is 0.396 e. The van der Waals surface area contributed by atoms with E-state index in [2.05, 4.69) is 24.3 Å². The van der Waals surface area contributed by atoms with Gasteiger partial charge in [-0.15, -0.1) is 0 Å². The Labute approximate surface area is 137 Å². The first kappa shape index (κ1) is 17.2. The quantitative estimate of drug-likeness (QED) is 0.824. The number of carbonyl (C=O) groups excluding carboxylic acids is 1. The number of nitrogens with one attached hydrogen (secondary N) is 1. The van der Waals surface area contributed by atoms with E-state index in [-0.39, 0.29) is 18.4 Å². The molecule has 5 heteroatoms. The highest BCUT2D eigenvalue weighted by atomic mass is 16.3. The number of aryl methyl sites for hydroxylation is 1. The molecule has 2 N–H and O–H groups in total. The zero-order chi connectivity index (χ0) is 16.8. The molecule has 1 heterocycles. The van der Waals surface area contributed by atoms with Crippen molar-refractivity contribution in [3.8, 4) is 0 Å². The maximum atomic E-state index is 12.3. The van der Waals surface area contributed by atoms with Crippen molar-refractivity contribution in [1.82, 2.24) is 15.1 Å². The summed E-state index contributed by atoms with van der Waals surface area (Å²) in [6.07, 6.45) is 0.615. The van der Waals surface area contributed by atoms with Crippen LogP contribution in [-0.4, -0.2) is 33.9 Å². The third-order valence-corrected chi connectivity index (χ3v) is 4.00.